The minimum absolute atomic E-state index is 0.0993. The maximum Gasteiger partial charge on any atom is 0.336 e. The van der Waals surface area contributed by atoms with E-state index in [1.165, 1.54) is 0 Å². The summed E-state index contributed by atoms with van der Waals surface area (Å²) in [6.07, 6.45) is -6.72. The van der Waals surface area contributed by atoms with Crippen LogP contribution in [0.15, 0.2) is 30.3 Å². The number of rotatable bonds is 6. The van der Waals surface area contributed by atoms with Gasteiger partial charge in [-0.25, -0.2) is 14.4 Å². The number of aliphatic carboxylic acids is 3. The van der Waals surface area contributed by atoms with Gasteiger partial charge in [-0.3, -0.25) is 4.79 Å². The van der Waals surface area contributed by atoms with Crippen molar-refractivity contribution in [3.8, 4) is 0 Å². The molecule has 0 spiro atoms. The normalized spacial score (nSPS) is 25.2. The van der Waals surface area contributed by atoms with Gasteiger partial charge in [0.25, 0.3) is 5.91 Å². The molecule has 0 aliphatic carbocycles. The number of amides is 1. The van der Waals surface area contributed by atoms with Gasteiger partial charge in [0, 0.05) is 6.54 Å². The number of ether oxygens (including phenoxy) is 6. The average Bonchev–Trinajstić information content (AvgIpc) is 2.86. The van der Waals surface area contributed by atoms with E-state index in [2.05, 4.69) is 5.32 Å². The second-order valence-corrected chi connectivity index (χ2v) is 7.61. The van der Waals surface area contributed by atoms with Crippen molar-refractivity contribution in [1.82, 2.24) is 5.32 Å². The van der Waals surface area contributed by atoms with Gasteiger partial charge in [-0.15, -0.1) is 0 Å². The van der Waals surface area contributed by atoms with Crippen LogP contribution in [0.3, 0.4) is 0 Å². The molecule has 4 N–H and O–H groups in total. The molecule has 37 heavy (non-hydrogen) atoms. The molecule has 0 unspecified atom stereocenters. The van der Waals surface area contributed by atoms with Crippen LogP contribution in [0.2, 0.25) is 0 Å². The summed E-state index contributed by atoms with van der Waals surface area (Å²) in [7, 11) is 0. The molecule has 4 atom stereocenters. The molecule has 1 amide bonds. The Labute approximate surface area is 212 Å². The molecule has 206 valence electrons. The molecule has 0 radical (unpaired) electrons. The van der Waals surface area contributed by atoms with Crippen molar-refractivity contribution in [3.63, 3.8) is 0 Å². The van der Waals surface area contributed by atoms with Crippen molar-refractivity contribution in [2.75, 3.05) is 52.9 Å². The molecule has 2 rings (SSSR count). The van der Waals surface area contributed by atoms with Crippen molar-refractivity contribution >= 4 is 23.8 Å². The van der Waals surface area contributed by atoms with Crippen LogP contribution in [-0.2, 0) is 54.1 Å². The average molecular weight is 529 g/mol. The highest BCUT2D eigenvalue weighted by molar-refractivity contribution is 5.88. The second-order valence-electron chi connectivity index (χ2n) is 7.61. The van der Waals surface area contributed by atoms with Crippen molar-refractivity contribution in [2.45, 2.75) is 31.0 Å². The van der Waals surface area contributed by atoms with Crippen molar-refractivity contribution in [1.29, 1.82) is 0 Å². The quantitative estimate of drug-likeness (QED) is 0.356. The van der Waals surface area contributed by atoms with Crippen LogP contribution in [0.5, 0.6) is 0 Å². The molecule has 1 saturated heterocycles. The van der Waals surface area contributed by atoms with Crippen molar-refractivity contribution < 1.29 is 62.9 Å². The number of carbonyl (C=O) groups excluding carboxylic acids is 1. The minimum Gasteiger partial charge on any atom is -0.479 e. The fourth-order valence-electron chi connectivity index (χ4n) is 3.19. The van der Waals surface area contributed by atoms with Gasteiger partial charge in [0.05, 0.1) is 52.9 Å². The smallest absolute Gasteiger partial charge is 0.336 e. The van der Waals surface area contributed by atoms with Gasteiger partial charge in [-0.1, -0.05) is 30.3 Å². The number of hydrogen-bond donors (Lipinski definition) is 4. The zero-order chi connectivity index (χ0) is 27.0. The van der Waals surface area contributed by atoms with Crippen LogP contribution in [0.4, 0.5) is 0 Å². The highest BCUT2D eigenvalue weighted by atomic mass is 16.6. The number of hydrogen-bond acceptors (Lipinski definition) is 10. The lowest BCUT2D eigenvalue weighted by molar-refractivity contribution is -0.180. The first-order valence-corrected chi connectivity index (χ1v) is 11.4. The van der Waals surface area contributed by atoms with Gasteiger partial charge in [-0.2, -0.15) is 0 Å². The molecule has 1 aromatic carbocycles. The summed E-state index contributed by atoms with van der Waals surface area (Å²) in [5, 5.41) is 30.9. The molecule has 1 fully saturated rings. The van der Waals surface area contributed by atoms with E-state index in [9.17, 15) is 34.5 Å². The third kappa shape index (κ3) is 10.8. The maximum absolute atomic E-state index is 12.8. The first-order valence-electron chi connectivity index (χ1n) is 11.4. The van der Waals surface area contributed by atoms with E-state index < -0.39 is 48.2 Å². The molecule has 0 aromatic heterocycles. The molecule has 0 bridgehead atoms. The summed E-state index contributed by atoms with van der Waals surface area (Å²) in [5.41, 5.74) is 0.799. The summed E-state index contributed by atoms with van der Waals surface area (Å²) < 4.78 is 31.6. The molecule has 0 saturated carbocycles. The van der Waals surface area contributed by atoms with Crippen LogP contribution in [0.1, 0.15) is 5.56 Å². The predicted molar refractivity (Wildman–Crippen MR) is 122 cm³/mol. The summed E-state index contributed by atoms with van der Waals surface area (Å²) in [6.45, 7) is -1.34. The van der Waals surface area contributed by atoms with Gasteiger partial charge in [0.1, 0.15) is 0 Å². The third-order valence-corrected chi connectivity index (χ3v) is 4.95. The summed E-state index contributed by atoms with van der Waals surface area (Å²) >= 11 is 0. The van der Waals surface area contributed by atoms with Crippen LogP contribution in [0, 0.1) is 0 Å². The van der Waals surface area contributed by atoms with E-state index in [-0.39, 0.29) is 59.4 Å². The largest absolute Gasteiger partial charge is 0.479 e. The topological polar surface area (TPSA) is 196 Å². The van der Waals surface area contributed by atoms with E-state index in [4.69, 9.17) is 28.4 Å². The monoisotopic (exact) mass is 529 g/mol. The molecule has 14 nitrogen and oxygen atoms in total. The Kier molecular flexibility index (Phi) is 13.5. The minimum atomic E-state index is -1.79. The van der Waals surface area contributed by atoms with E-state index >= 15 is 0 Å². The van der Waals surface area contributed by atoms with Crippen LogP contribution in [-0.4, -0.2) is 116 Å². The van der Waals surface area contributed by atoms with Gasteiger partial charge in [0.2, 0.25) is 0 Å². The standard InChI is InChI=1S/C23H31NO13/c25-20(24-14-15-4-2-1-3-5-15)16-17(21(26)27)35-11-7-33-9-13-37-19(23(30)31)18(22(28)29)36-12-8-32-6-10-34-16/h1-5,16-19H,6-14H2,(H,24,25)(H,26,27)(H,28,29)(H,30,31)/t16-,17-,18-,19+/m1/s1. The molecular formula is C23H31NO13. The van der Waals surface area contributed by atoms with E-state index in [1.54, 1.807) is 24.3 Å². The van der Waals surface area contributed by atoms with Crippen LogP contribution in [0.25, 0.3) is 0 Å². The van der Waals surface area contributed by atoms with Crippen molar-refractivity contribution in [3.05, 3.63) is 35.9 Å². The fraction of sp³-hybridized carbons (Fsp3) is 0.565. The van der Waals surface area contributed by atoms with Gasteiger partial charge in [-0.05, 0) is 5.56 Å². The van der Waals surface area contributed by atoms with Crippen molar-refractivity contribution in [2.24, 2.45) is 0 Å². The summed E-state index contributed by atoms with van der Waals surface area (Å²) in [4.78, 5) is 47.6. The van der Waals surface area contributed by atoms with E-state index in [1.807, 2.05) is 6.07 Å². The Morgan fingerprint density at radius 2 is 1.00 bits per heavy atom. The Hall–Kier alpha value is -3.14. The third-order valence-electron chi connectivity index (χ3n) is 4.95. The first-order chi connectivity index (χ1) is 17.8. The Morgan fingerprint density at radius 3 is 1.41 bits per heavy atom. The molecular weight excluding hydrogens is 498 g/mol. The molecule has 1 aliphatic rings. The number of nitrogens with one attached hydrogen (secondary N) is 1. The molecule has 1 aromatic rings. The number of carboxylic acid groups (broad SMARTS) is 3. The van der Waals surface area contributed by atoms with E-state index in [0.29, 0.717) is 0 Å². The zero-order valence-electron chi connectivity index (χ0n) is 20.0. The fourth-order valence-corrected chi connectivity index (χ4v) is 3.19. The SMILES string of the molecule is O=C(O)[C@H]1OCCOCCO[C@@H](C(=O)O)[C@H](C(=O)NCc2ccccc2)OCCOCCO[C@H]1C(=O)O. The highest BCUT2D eigenvalue weighted by Gasteiger charge is 2.37. The summed E-state index contributed by atoms with van der Waals surface area (Å²) in [6, 6.07) is 9.00. The lowest BCUT2D eigenvalue weighted by Gasteiger charge is -2.24. The molecule has 1 heterocycles. The predicted octanol–water partition coefficient (Wildman–Crippen LogP) is -0.856. The van der Waals surface area contributed by atoms with Gasteiger partial charge < -0.3 is 49.1 Å². The zero-order valence-corrected chi connectivity index (χ0v) is 20.0. The number of carbonyl (C=O) groups is 4. The van der Waals surface area contributed by atoms with Gasteiger partial charge >= 0.3 is 17.9 Å². The Balaban J connectivity index is 2.04. The van der Waals surface area contributed by atoms with E-state index in [0.717, 1.165) is 5.56 Å². The molecule has 14 heteroatoms. The van der Waals surface area contributed by atoms with Gasteiger partial charge in [0.15, 0.2) is 24.4 Å². The Morgan fingerprint density at radius 1 is 0.622 bits per heavy atom. The Bertz CT molecular complexity index is 865. The highest BCUT2D eigenvalue weighted by Crippen LogP contribution is 2.09. The molecule has 1 aliphatic heterocycles. The summed E-state index contributed by atoms with van der Waals surface area (Å²) in [5.74, 6) is -5.17. The lowest BCUT2D eigenvalue weighted by atomic mass is 10.1. The number of carboxylic acids is 3. The van der Waals surface area contributed by atoms with Crippen LogP contribution < -0.4 is 5.32 Å². The first kappa shape index (κ1) is 30.1. The maximum atomic E-state index is 12.8. The number of benzene rings is 1. The van der Waals surface area contributed by atoms with Crippen LogP contribution >= 0.6 is 0 Å². The lowest BCUT2D eigenvalue weighted by Crippen LogP contribution is -2.49. The second kappa shape index (κ2) is 16.6.